The van der Waals surface area contributed by atoms with Gasteiger partial charge in [0.1, 0.15) is 0 Å². The molecule has 1 saturated carbocycles. The highest BCUT2D eigenvalue weighted by atomic mass is 32.2. The molecule has 2 unspecified atom stereocenters. The molecule has 0 aromatic carbocycles. The molecular formula is C9H17NO2S. The van der Waals surface area contributed by atoms with Crippen LogP contribution < -0.4 is 5.14 Å². The van der Waals surface area contributed by atoms with Crippen LogP contribution in [0, 0.1) is 11.8 Å². The third-order valence-corrected chi connectivity index (χ3v) is 4.17. The molecule has 0 aliphatic heterocycles. The van der Waals surface area contributed by atoms with E-state index < -0.39 is 15.3 Å². The molecule has 0 saturated heterocycles. The maximum absolute atomic E-state index is 11.1. The summed E-state index contributed by atoms with van der Waals surface area (Å²) in [6.07, 6.45) is 4.81. The predicted molar refractivity (Wildman–Crippen MR) is 53.6 cm³/mol. The summed E-state index contributed by atoms with van der Waals surface area (Å²) < 4.78 is 22.2. The van der Waals surface area contributed by atoms with Gasteiger partial charge in [-0.3, -0.25) is 0 Å². The second-order valence-electron chi connectivity index (χ2n) is 3.82. The Balaban J connectivity index is 2.68. The molecule has 4 heteroatoms. The summed E-state index contributed by atoms with van der Waals surface area (Å²) in [7, 11) is -3.38. The highest BCUT2D eigenvalue weighted by Crippen LogP contribution is 2.41. The quantitative estimate of drug-likeness (QED) is 0.684. The molecule has 76 valence electrons. The van der Waals surface area contributed by atoms with Gasteiger partial charge in [0.2, 0.25) is 10.0 Å². The lowest BCUT2D eigenvalue weighted by Crippen LogP contribution is -2.33. The molecule has 0 aromatic heterocycles. The molecule has 2 atom stereocenters. The van der Waals surface area contributed by atoms with Crippen molar-refractivity contribution in [2.24, 2.45) is 17.0 Å². The monoisotopic (exact) mass is 203 g/mol. The molecule has 0 radical (unpaired) electrons. The molecule has 0 aromatic rings. The van der Waals surface area contributed by atoms with E-state index in [0.717, 1.165) is 19.3 Å². The van der Waals surface area contributed by atoms with Crippen molar-refractivity contribution in [3.8, 4) is 0 Å². The fourth-order valence-corrected chi connectivity index (χ4v) is 2.55. The van der Waals surface area contributed by atoms with E-state index in [4.69, 9.17) is 5.14 Å². The Morgan fingerprint density at radius 3 is 2.46 bits per heavy atom. The van der Waals surface area contributed by atoms with Gasteiger partial charge in [0.05, 0.1) is 5.25 Å². The maximum atomic E-state index is 11.1. The lowest BCUT2D eigenvalue weighted by atomic mass is 9.96. The number of primary sulfonamides is 1. The van der Waals surface area contributed by atoms with Crippen LogP contribution in [0.5, 0.6) is 0 Å². The topological polar surface area (TPSA) is 60.2 Å². The summed E-state index contributed by atoms with van der Waals surface area (Å²) in [5, 5.41) is 4.68. The van der Waals surface area contributed by atoms with Crippen LogP contribution in [0.25, 0.3) is 0 Å². The number of sulfonamides is 1. The number of hydrogen-bond donors (Lipinski definition) is 1. The Bertz CT molecular complexity index is 280. The van der Waals surface area contributed by atoms with E-state index >= 15 is 0 Å². The molecule has 0 bridgehead atoms. The first kappa shape index (κ1) is 10.7. The minimum absolute atomic E-state index is 0.174. The minimum atomic E-state index is -3.38. The van der Waals surface area contributed by atoms with E-state index in [1.807, 2.05) is 0 Å². The predicted octanol–water partition coefficient (Wildman–Crippen LogP) is 1.27. The molecule has 3 nitrogen and oxygen atoms in total. The second kappa shape index (κ2) is 3.80. The van der Waals surface area contributed by atoms with Gasteiger partial charge in [-0.2, -0.15) is 0 Å². The first-order valence-electron chi connectivity index (χ1n) is 4.59. The SMILES string of the molecule is C=CCC(C1CC1)C(C)S(N)(=O)=O. The zero-order valence-electron chi connectivity index (χ0n) is 7.94. The van der Waals surface area contributed by atoms with Crippen LogP contribution in [-0.4, -0.2) is 13.7 Å². The third-order valence-electron chi connectivity index (χ3n) is 2.79. The molecule has 13 heavy (non-hydrogen) atoms. The molecule has 1 rings (SSSR count). The summed E-state index contributed by atoms with van der Waals surface area (Å²) in [5.41, 5.74) is 0. The Morgan fingerprint density at radius 1 is 1.62 bits per heavy atom. The van der Waals surface area contributed by atoms with Gasteiger partial charge < -0.3 is 0 Å². The van der Waals surface area contributed by atoms with Gasteiger partial charge in [0, 0.05) is 0 Å². The van der Waals surface area contributed by atoms with Crippen molar-refractivity contribution >= 4 is 10.0 Å². The smallest absolute Gasteiger partial charge is 0.211 e. The fourth-order valence-electron chi connectivity index (χ4n) is 1.73. The fraction of sp³-hybridized carbons (Fsp3) is 0.778. The largest absolute Gasteiger partial charge is 0.228 e. The summed E-state index contributed by atoms with van der Waals surface area (Å²) in [4.78, 5) is 0. The Morgan fingerprint density at radius 2 is 2.15 bits per heavy atom. The van der Waals surface area contributed by atoms with Crippen LogP contribution in [0.4, 0.5) is 0 Å². The lowest BCUT2D eigenvalue weighted by Gasteiger charge is -2.20. The van der Waals surface area contributed by atoms with Gasteiger partial charge in [0.15, 0.2) is 0 Å². The van der Waals surface area contributed by atoms with Gasteiger partial charge in [-0.1, -0.05) is 6.08 Å². The van der Waals surface area contributed by atoms with E-state index in [2.05, 4.69) is 6.58 Å². The van der Waals surface area contributed by atoms with E-state index in [0.29, 0.717) is 5.92 Å². The zero-order chi connectivity index (χ0) is 10.1. The standard InChI is InChI=1S/C9H17NO2S/c1-3-4-9(8-5-6-8)7(2)13(10,11)12/h3,7-9H,1,4-6H2,2H3,(H2,10,11,12). The summed E-state index contributed by atoms with van der Waals surface area (Å²) in [5.74, 6) is 0.721. The highest BCUT2D eigenvalue weighted by Gasteiger charge is 2.37. The Labute approximate surface area is 80.1 Å². The molecule has 0 spiro atoms. The molecule has 1 aliphatic rings. The van der Waals surface area contributed by atoms with Crippen LogP contribution >= 0.6 is 0 Å². The first-order valence-corrected chi connectivity index (χ1v) is 6.20. The molecule has 1 aliphatic carbocycles. The Hall–Kier alpha value is -0.350. The third kappa shape index (κ3) is 2.81. The van der Waals surface area contributed by atoms with Gasteiger partial charge in [-0.15, -0.1) is 6.58 Å². The van der Waals surface area contributed by atoms with E-state index in [1.165, 1.54) is 0 Å². The summed E-state index contributed by atoms with van der Waals surface area (Å²) in [6, 6.07) is 0. The van der Waals surface area contributed by atoms with E-state index in [1.54, 1.807) is 13.0 Å². The van der Waals surface area contributed by atoms with Gasteiger partial charge in [0.25, 0.3) is 0 Å². The van der Waals surface area contributed by atoms with Crippen molar-refractivity contribution in [1.82, 2.24) is 0 Å². The Kier molecular flexibility index (Phi) is 3.14. The van der Waals surface area contributed by atoms with E-state index in [9.17, 15) is 8.42 Å². The normalized spacial score (nSPS) is 22.3. The van der Waals surface area contributed by atoms with Crippen molar-refractivity contribution in [3.05, 3.63) is 12.7 Å². The van der Waals surface area contributed by atoms with Gasteiger partial charge in [-0.05, 0) is 38.0 Å². The first-order chi connectivity index (χ1) is 5.96. The maximum Gasteiger partial charge on any atom is 0.211 e. The number of allylic oxidation sites excluding steroid dienone is 1. The van der Waals surface area contributed by atoms with Crippen molar-refractivity contribution in [1.29, 1.82) is 0 Å². The van der Waals surface area contributed by atoms with Gasteiger partial charge in [-0.25, -0.2) is 13.6 Å². The second-order valence-corrected chi connectivity index (χ2v) is 5.74. The number of hydrogen-bond acceptors (Lipinski definition) is 2. The molecule has 0 amide bonds. The van der Waals surface area contributed by atoms with Crippen LogP contribution in [-0.2, 0) is 10.0 Å². The van der Waals surface area contributed by atoms with Crippen molar-refractivity contribution < 1.29 is 8.42 Å². The average molecular weight is 203 g/mol. The number of rotatable bonds is 5. The van der Waals surface area contributed by atoms with Crippen molar-refractivity contribution in [2.45, 2.75) is 31.4 Å². The van der Waals surface area contributed by atoms with Crippen molar-refractivity contribution in [3.63, 3.8) is 0 Å². The van der Waals surface area contributed by atoms with E-state index in [-0.39, 0.29) is 5.92 Å². The highest BCUT2D eigenvalue weighted by molar-refractivity contribution is 7.89. The van der Waals surface area contributed by atoms with Crippen LogP contribution in [0.15, 0.2) is 12.7 Å². The molecular weight excluding hydrogens is 186 g/mol. The minimum Gasteiger partial charge on any atom is -0.228 e. The van der Waals surface area contributed by atoms with Crippen molar-refractivity contribution in [2.75, 3.05) is 0 Å². The number of nitrogens with two attached hydrogens (primary N) is 1. The van der Waals surface area contributed by atoms with Crippen LogP contribution in [0.3, 0.4) is 0 Å². The molecule has 2 N–H and O–H groups in total. The summed E-state index contributed by atoms with van der Waals surface area (Å²) >= 11 is 0. The van der Waals surface area contributed by atoms with Crippen LogP contribution in [0.1, 0.15) is 26.2 Å². The van der Waals surface area contributed by atoms with Gasteiger partial charge >= 0.3 is 0 Å². The average Bonchev–Trinajstić information content (AvgIpc) is 2.79. The van der Waals surface area contributed by atoms with Crippen LogP contribution in [0.2, 0.25) is 0 Å². The lowest BCUT2D eigenvalue weighted by molar-refractivity contribution is 0.443. The summed E-state index contributed by atoms with van der Waals surface area (Å²) in [6.45, 7) is 5.34. The zero-order valence-corrected chi connectivity index (χ0v) is 8.76. The molecule has 0 heterocycles. The molecule has 1 fully saturated rings.